The average Bonchev–Trinajstić information content (AvgIpc) is 2.08. The Bertz CT molecular complexity index is 228. The third-order valence-corrected chi connectivity index (χ3v) is 1.37. The van der Waals surface area contributed by atoms with E-state index in [1.165, 1.54) is 5.56 Å². The molecule has 1 rings (SSSR count). The molecule has 0 radical (unpaired) electrons. The van der Waals surface area contributed by atoms with Gasteiger partial charge in [-0.1, -0.05) is 0 Å². The minimum Gasteiger partial charge on any atom is -0.512 e. The van der Waals surface area contributed by atoms with E-state index in [0.717, 1.165) is 6.54 Å². The molecule has 2 heteroatoms. The highest BCUT2D eigenvalue weighted by atomic mass is 14.9. The van der Waals surface area contributed by atoms with Crippen molar-refractivity contribution in [3.05, 3.63) is 36.7 Å². The van der Waals surface area contributed by atoms with Crippen LogP contribution < -0.4 is 4.57 Å². The van der Waals surface area contributed by atoms with Gasteiger partial charge in [-0.05, 0) is 19.9 Å². The van der Waals surface area contributed by atoms with E-state index in [1.807, 2.05) is 0 Å². The van der Waals surface area contributed by atoms with Gasteiger partial charge in [-0.2, -0.15) is 0 Å². The van der Waals surface area contributed by atoms with Crippen molar-refractivity contribution in [3.63, 3.8) is 0 Å². The standard InChI is InChI=1S/C8H12N.CN/c1-3-9-6-4-5-8(2)7-9;1-2/h4-7H,3H2,1-2H3;/q+1;-1. The largest absolute Gasteiger partial charge is 0.512 e. The first kappa shape index (κ1) is 9.64. The van der Waals surface area contributed by atoms with Crippen LogP contribution in [0.3, 0.4) is 0 Å². The van der Waals surface area contributed by atoms with Gasteiger partial charge >= 0.3 is 0 Å². The van der Waals surface area contributed by atoms with Crippen LogP contribution in [0.25, 0.3) is 0 Å². The van der Waals surface area contributed by atoms with Crippen LogP contribution in [0.15, 0.2) is 24.5 Å². The lowest BCUT2D eigenvalue weighted by Gasteiger charge is -1.90. The van der Waals surface area contributed by atoms with Crippen LogP contribution in [0, 0.1) is 18.8 Å². The van der Waals surface area contributed by atoms with Crippen molar-refractivity contribution in [2.45, 2.75) is 20.4 Å². The van der Waals surface area contributed by atoms with Gasteiger partial charge in [0.2, 0.25) is 0 Å². The summed E-state index contributed by atoms with van der Waals surface area (Å²) >= 11 is 0. The number of rotatable bonds is 1. The van der Waals surface area contributed by atoms with Gasteiger partial charge in [-0.25, -0.2) is 4.57 Å². The Morgan fingerprint density at radius 3 is 2.55 bits per heavy atom. The zero-order chi connectivity index (χ0) is 8.69. The molecule has 0 N–H and O–H groups in total. The Balaban J connectivity index is 0.000000461. The molecule has 11 heavy (non-hydrogen) atoms. The van der Waals surface area contributed by atoms with Crippen LogP contribution in [-0.2, 0) is 6.54 Å². The average molecular weight is 148 g/mol. The highest BCUT2D eigenvalue weighted by molar-refractivity contribution is 5.01. The molecule has 0 fully saturated rings. The second-order valence-electron chi connectivity index (χ2n) is 2.21. The topological polar surface area (TPSA) is 27.7 Å². The molecule has 1 aromatic rings. The molecule has 0 bridgehead atoms. The Labute approximate surface area is 67.7 Å². The molecule has 1 heterocycles. The van der Waals surface area contributed by atoms with Gasteiger partial charge in [-0.15, -0.1) is 0 Å². The number of aryl methyl sites for hydroxylation is 2. The lowest BCUT2D eigenvalue weighted by Crippen LogP contribution is -2.30. The summed E-state index contributed by atoms with van der Waals surface area (Å²) in [5, 5.41) is 6.25. The molecule has 0 unspecified atom stereocenters. The monoisotopic (exact) mass is 148 g/mol. The summed E-state index contributed by atoms with van der Waals surface area (Å²) in [5.74, 6) is 0. The first-order valence-electron chi connectivity index (χ1n) is 3.51. The van der Waals surface area contributed by atoms with Crippen molar-refractivity contribution in [3.8, 4) is 0 Å². The van der Waals surface area contributed by atoms with E-state index in [9.17, 15) is 0 Å². The van der Waals surface area contributed by atoms with Crippen molar-refractivity contribution in [1.82, 2.24) is 0 Å². The first-order valence-corrected chi connectivity index (χ1v) is 3.51. The minimum absolute atomic E-state index is 1.06. The van der Waals surface area contributed by atoms with Crippen LogP contribution >= 0.6 is 0 Å². The molecular weight excluding hydrogens is 136 g/mol. The van der Waals surface area contributed by atoms with Crippen LogP contribution in [0.2, 0.25) is 0 Å². The third-order valence-electron chi connectivity index (χ3n) is 1.37. The lowest BCUT2D eigenvalue weighted by atomic mass is 10.3. The van der Waals surface area contributed by atoms with Gasteiger partial charge < -0.3 is 11.8 Å². The molecule has 0 amide bonds. The molecular formula is C9H12N2. The molecule has 0 spiro atoms. The van der Waals surface area contributed by atoms with Crippen molar-refractivity contribution < 1.29 is 4.57 Å². The smallest absolute Gasteiger partial charge is 0.171 e. The zero-order valence-electron chi connectivity index (χ0n) is 6.91. The van der Waals surface area contributed by atoms with E-state index in [1.54, 1.807) is 0 Å². The lowest BCUT2D eigenvalue weighted by molar-refractivity contribution is -0.693. The maximum absolute atomic E-state index is 6.25. The highest BCUT2D eigenvalue weighted by Crippen LogP contribution is 1.88. The van der Waals surface area contributed by atoms with Crippen molar-refractivity contribution in [2.24, 2.45) is 0 Å². The maximum Gasteiger partial charge on any atom is 0.171 e. The normalized spacial score (nSPS) is 8.00. The van der Waals surface area contributed by atoms with E-state index >= 15 is 0 Å². The predicted octanol–water partition coefficient (Wildman–Crippen LogP) is 1.40. The quantitative estimate of drug-likeness (QED) is 0.437. The number of hydrogen-bond acceptors (Lipinski definition) is 1. The van der Waals surface area contributed by atoms with Gasteiger partial charge in [0.1, 0.15) is 6.54 Å². The van der Waals surface area contributed by atoms with Crippen LogP contribution in [0.1, 0.15) is 12.5 Å². The molecule has 58 valence electrons. The van der Waals surface area contributed by atoms with Crippen LogP contribution in [0.5, 0.6) is 0 Å². The zero-order valence-corrected chi connectivity index (χ0v) is 6.91. The SMILES string of the molecule is CC[n+]1cccc(C)c1.[C-]#N. The van der Waals surface area contributed by atoms with Crippen LogP contribution in [0.4, 0.5) is 0 Å². The summed E-state index contributed by atoms with van der Waals surface area (Å²) in [6.07, 6.45) is 4.22. The van der Waals surface area contributed by atoms with Crippen molar-refractivity contribution in [1.29, 1.82) is 5.26 Å². The van der Waals surface area contributed by atoms with Crippen LogP contribution in [-0.4, -0.2) is 0 Å². The number of nitrogens with zero attached hydrogens (tertiary/aromatic N) is 2. The Morgan fingerprint density at radius 1 is 1.55 bits per heavy atom. The molecule has 0 aliphatic rings. The Hall–Kier alpha value is -1.36. The number of aromatic nitrogens is 1. The summed E-state index contributed by atoms with van der Waals surface area (Å²) in [6, 6.07) is 4.17. The Morgan fingerprint density at radius 2 is 2.18 bits per heavy atom. The molecule has 1 aromatic heterocycles. The van der Waals surface area contributed by atoms with E-state index in [2.05, 4.69) is 42.9 Å². The highest BCUT2D eigenvalue weighted by Gasteiger charge is 1.92. The first-order chi connectivity index (χ1) is 5.33. The summed E-state index contributed by atoms with van der Waals surface area (Å²) < 4.78 is 2.16. The van der Waals surface area contributed by atoms with E-state index in [4.69, 9.17) is 11.8 Å². The predicted molar refractivity (Wildman–Crippen MR) is 42.0 cm³/mol. The fraction of sp³-hybridized carbons (Fsp3) is 0.333. The van der Waals surface area contributed by atoms with Gasteiger partial charge in [0.25, 0.3) is 0 Å². The molecule has 0 aliphatic carbocycles. The summed E-state index contributed by atoms with van der Waals surface area (Å²) in [6.45, 7) is 10.0. The summed E-state index contributed by atoms with van der Waals surface area (Å²) in [7, 11) is 0. The second-order valence-corrected chi connectivity index (χ2v) is 2.21. The molecule has 0 atom stereocenters. The van der Waals surface area contributed by atoms with Crippen molar-refractivity contribution in [2.75, 3.05) is 0 Å². The van der Waals surface area contributed by atoms with Crippen molar-refractivity contribution >= 4 is 0 Å². The Kier molecular flexibility index (Phi) is 4.76. The number of pyridine rings is 1. The molecule has 0 aromatic carbocycles. The summed E-state index contributed by atoms with van der Waals surface area (Å²) in [5.41, 5.74) is 1.32. The summed E-state index contributed by atoms with van der Waals surface area (Å²) in [4.78, 5) is 0. The number of hydrogen-bond donors (Lipinski definition) is 0. The fourth-order valence-electron chi connectivity index (χ4n) is 0.850. The van der Waals surface area contributed by atoms with E-state index in [0.29, 0.717) is 0 Å². The molecule has 0 aliphatic heterocycles. The molecule has 0 saturated carbocycles. The minimum atomic E-state index is 1.06. The second kappa shape index (κ2) is 5.43. The third kappa shape index (κ3) is 3.36. The fourth-order valence-corrected chi connectivity index (χ4v) is 0.850. The van der Waals surface area contributed by atoms with Gasteiger partial charge in [0.05, 0.1) is 0 Å². The van der Waals surface area contributed by atoms with Gasteiger partial charge in [0.15, 0.2) is 12.4 Å². The maximum atomic E-state index is 6.25. The molecule has 2 nitrogen and oxygen atoms in total. The van der Waals surface area contributed by atoms with Gasteiger partial charge in [0, 0.05) is 11.6 Å². The van der Waals surface area contributed by atoms with E-state index in [-0.39, 0.29) is 0 Å². The van der Waals surface area contributed by atoms with E-state index < -0.39 is 0 Å². The van der Waals surface area contributed by atoms with Gasteiger partial charge in [-0.3, -0.25) is 0 Å². The molecule has 0 saturated heterocycles.